The first-order valence-electron chi connectivity index (χ1n) is 13.2. The number of carbonyl (C=O) groups excluding carboxylic acids is 1. The number of aromatic carboxylic acids is 1. The van der Waals surface area contributed by atoms with Gasteiger partial charge in [-0.3, -0.25) is 9.69 Å². The van der Waals surface area contributed by atoms with Gasteiger partial charge in [0.15, 0.2) is 6.61 Å². The normalized spacial score (nSPS) is 18.3. The highest BCUT2D eigenvalue weighted by molar-refractivity contribution is 5.96. The van der Waals surface area contributed by atoms with Gasteiger partial charge in [0.05, 0.1) is 5.56 Å². The van der Waals surface area contributed by atoms with Crippen LogP contribution < -0.4 is 9.64 Å². The van der Waals surface area contributed by atoms with Gasteiger partial charge in [0.1, 0.15) is 5.75 Å². The Kier molecular flexibility index (Phi) is 9.18. The maximum absolute atomic E-state index is 13.4. The third kappa shape index (κ3) is 7.31. The van der Waals surface area contributed by atoms with Gasteiger partial charge in [0.2, 0.25) is 0 Å². The number of carboxylic acids is 1. The molecule has 0 spiro atoms. The minimum absolute atomic E-state index is 0.0457. The molecule has 1 fully saturated rings. The zero-order valence-corrected chi connectivity index (χ0v) is 20.7. The molecule has 0 saturated heterocycles. The molecule has 0 radical (unpaired) electrons. The molecule has 1 saturated carbocycles. The molecule has 6 heteroatoms. The number of benzene rings is 2. The standard InChI is InChI=1S/C29H38N2O4/c32-28(22-35-26-13-5-4-6-14-26)31-18-10-3-1-2-9-17-30(20-23-11-7-8-12-23)21-25-19-24(29(33)34)15-16-27(25)31/h4-6,13-16,19,23H,1-3,7-12,17-18,20-22H2,(H,33,34). The number of hydrogen-bond donors (Lipinski definition) is 1. The van der Waals surface area contributed by atoms with Crippen LogP contribution in [0.15, 0.2) is 48.5 Å². The fourth-order valence-electron chi connectivity index (χ4n) is 5.40. The fraction of sp³-hybridized carbons (Fsp3) is 0.517. The summed E-state index contributed by atoms with van der Waals surface area (Å²) in [5, 5.41) is 9.66. The van der Waals surface area contributed by atoms with Crippen LogP contribution in [0.1, 0.15) is 73.7 Å². The van der Waals surface area contributed by atoms with E-state index in [4.69, 9.17) is 4.74 Å². The molecule has 2 aromatic carbocycles. The van der Waals surface area contributed by atoms with Crippen LogP contribution in [0.2, 0.25) is 0 Å². The third-order valence-electron chi connectivity index (χ3n) is 7.26. The summed E-state index contributed by atoms with van der Waals surface area (Å²) in [4.78, 5) is 29.5. The van der Waals surface area contributed by atoms with Crippen molar-refractivity contribution in [1.82, 2.24) is 4.90 Å². The molecule has 0 atom stereocenters. The summed E-state index contributed by atoms with van der Waals surface area (Å²) >= 11 is 0. The van der Waals surface area contributed by atoms with Crippen molar-refractivity contribution in [2.24, 2.45) is 5.92 Å². The first kappa shape index (κ1) is 25.2. The van der Waals surface area contributed by atoms with E-state index >= 15 is 0 Å². The van der Waals surface area contributed by atoms with Crippen LogP contribution in [0.25, 0.3) is 0 Å². The van der Waals surface area contributed by atoms with Crippen molar-refractivity contribution in [3.8, 4) is 5.75 Å². The van der Waals surface area contributed by atoms with Gasteiger partial charge in [0.25, 0.3) is 5.91 Å². The highest BCUT2D eigenvalue weighted by Crippen LogP contribution is 2.29. The van der Waals surface area contributed by atoms with Crippen LogP contribution in [0.3, 0.4) is 0 Å². The number of amides is 1. The van der Waals surface area contributed by atoms with E-state index in [-0.39, 0.29) is 18.1 Å². The molecule has 6 nitrogen and oxygen atoms in total. The summed E-state index contributed by atoms with van der Waals surface area (Å²) < 4.78 is 5.78. The van der Waals surface area contributed by atoms with Crippen molar-refractivity contribution in [2.45, 2.75) is 64.3 Å². The van der Waals surface area contributed by atoms with Crippen LogP contribution in [0.4, 0.5) is 5.69 Å². The number of nitrogens with zero attached hydrogens (tertiary/aromatic N) is 2. The number of rotatable bonds is 6. The molecule has 1 aliphatic carbocycles. The molecule has 0 aromatic heterocycles. The summed E-state index contributed by atoms with van der Waals surface area (Å²) in [5.41, 5.74) is 2.00. The predicted octanol–water partition coefficient (Wildman–Crippen LogP) is 5.75. The number of anilines is 1. The Morgan fingerprint density at radius 2 is 1.60 bits per heavy atom. The molecular formula is C29H38N2O4. The van der Waals surface area contributed by atoms with Crippen molar-refractivity contribution < 1.29 is 19.4 Å². The number of para-hydroxylation sites is 1. The van der Waals surface area contributed by atoms with Crippen LogP contribution >= 0.6 is 0 Å². The average Bonchev–Trinajstić information content (AvgIpc) is 3.37. The van der Waals surface area contributed by atoms with E-state index in [9.17, 15) is 14.7 Å². The van der Waals surface area contributed by atoms with Gasteiger partial charge in [-0.1, -0.05) is 50.3 Å². The fourth-order valence-corrected chi connectivity index (χ4v) is 5.40. The largest absolute Gasteiger partial charge is 0.484 e. The van der Waals surface area contributed by atoms with E-state index in [0.29, 0.717) is 24.8 Å². The van der Waals surface area contributed by atoms with Crippen molar-refractivity contribution in [2.75, 3.05) is 31.1 Å². The van der Waals surface area contributed by atoms with Gasteiger partial charge < -0.3 is 14.7 Å². The molecular weight excluding hydrogens is 440 g/mol. The molecule has 1 aliphatic heterocycles. The van der Waals surface area contributed by atoms with E-state index in [1.165, 1.54) is 38.5 Å². The highest BCUT2D eigenvalue weighted by Gasteiger charge is 2.24. The Hall–Kier alpha value is -2.86. The molecule has 1 amide bonds. The second kappa shape index (κ2) is 12.7. The van der Waals surface area contributed by atoms with Gasteiger partial charge >= 0.3 is 5.97 Å². The molecule has 35 heavy (non-hydrogen) atoms. The zero-order valence-electron chi connectivity index (χ0n) is 20.7. The minimum atomic E-state index is -0.938. The Bertz CT molecular complexity index is 972. The summed E-state index contributed by atoms with van der Waals surface area (Å²) in [6.45, 7) is 3.28. The summed E-state index contributed by atoms with van der Waals surface area (Å²) in [6.07, 6.45) is 10.7. The Labute approximate surface area is 208 Å². The second-order valence-corrected chi connectivity index (χ2v) is 9.95. The minimum Gasteiger partial charge on any atom is -0.484 e. The molecule has 188 valence electrons. The smallest absolute Gasteiger partial charge is 0.335 e. The Balaban J connectivity index is 1.60. The molecule has 1 N–H and O–H groups in total. The van der Waals surface area contributed by atoms with E-state index in [1.807, 2.05) is 41.3 Å². The summed E-state index contributed by atoms with van der Waals surface area (Å²) in [6, 6.07) is 14.6. The lowest BCUT2D eigenvalue weighted by Gasteiger charge is -2.30. The molecule has 0 bridgehead atoms. The summed E-state index contributed by atoms with van der Waals surface area (Å²) in [7, 11) is 0. The van der Waals surface area contributed by atoms with Gasteiger partial charge in [-0.25, -0.2) is 4.79 Å². The zero-order chi connectivity index (χ0) is 24.5. The van der Waals surface area contributed by atoms with Crippen LogP contribution in [-0.2, 0) is 11.3 Å². The van der Waals surface area contributed by atoms with Crippen molar-refractivity contribution >= 4 is 17.6 Å². The van der Waals surface area contributed by atoms with Crippen molar-refractivity contribution in [3.63, 3.8) is 0 Å². The Morgan fingerprint density at radius 3 is 2.34 bits per heavy atom. The number of fused-ring (bicyclic) bond motifs is 1. The van der Waals surface area contributed by atoms with E-state index in [0.717, 1.165) is 43.6 Å². The highest BCUT2D eigenvalue weighted by atomic mass is 16.5. The van der Waals surface area contributed by atoms with E-state index < -0.39 is 5.97 Å². The predicted molar refractivity (Wildman–Crippen MR) is 138 cm³/mol. The topological polar surface area (TPSA) is 70.1 Å². The van der Waals surface area contributed by atoms with Crippen molar-refractivity contribution in [3.05, 3.63) is 59.7 Å². The van der Waals surface area contributed by atoms with Gasteiger partial charge in [-0.2, -0.15) is 0 Å². The van der Waals surface area contributed by atoms with Gasteiger partial charge in [-0.05, 0) is 74.0 Å². The lowest BCUT2D eigenvalue weighted by atomic mass is 10.0. The Morgan fingerprint density at radius 1 is 0.886 bits per heavy atom. The van der Waals surface area contributed by atoms with E-state index in [2.05, 4.69) is 4.90 Å². The quantitative estimate of drug-likeness (QED) is 0.572. The van der Waals surface area contributed by atoms with Gasteiger partial charge in [0, 0.05) is 25.3 Å². The number of ether oxygens (including phenoxy) is 1. The number of carboxylic acid groups (broad SMARTS) is 1. The second-order valence-electron chi connectivity index (χ2n) is 9.95. The van der Waals surface area contributed by atoms with Crippen LogP contribution in [0, 0.1) is 5.92 Å². The monoisotopic (exact) mass is 478 g/mol. The molecule has 2 aliphatic rings. The van der Waals surface area contributed by atoms with E-state index in [1.54, 1.807) is 12.1 Å². The maximum Gasteiger partial charge on any atom is 0.335 e. The SMILES string of the molecule is O=C(O)c1ccc2c(c1)CN(CC1CCCC1)CCCCCCCN2C(=O)COc1ccccc1. The molecule has 4 rings (SSSR count). The third-order valence-corrected chi connectivity index (χ3v) is 7.26. The maximum atomic E-state index is 13.4. The van der Waals surface area contributed by atoms with Crippen LogP contribution in [-0.4, -0.2) is 48.1 Å². The first-order valence-corrected chi connectivity index (χ1v) is 13.2. The number of carbonyl (C=O) groups is 2. The molecule has 0 unspecified atom stereocenters. The average molecular weight is 479 g/mol. The molecule has 2 aromatic rings. The van der Waals surface area contributed by atoms with Crippen LogP contribution in [0.5, 0.6) is 5.75 Å². The first-order chi connectivity index (χ1) is 17.1. The van der Waals surface area contributed by atoms with Crippen molar-refractivity contribution in [1.29, 1.82) is 0 Å². The lowest BCUT2D eigenvalue weighted by molar-refractivity contribution is -0.120. The lowest BCUT2D eigenvalue weighted by Crippen LogP contribution is -2.38. The molecule has 1 heterocycles. The number of hydrogen-bond acceptors (Lipinski definition) is 4. The summed E-state index contributed by atoms with van der Waals surface area (Å²) in [5.74, 6) is 0.342. The van der Waals surface area contributed by atoms with Gasteiger partial charge in [-0.15, -0.1) is 0 Å².